The Kier molecular flexibility index (Phi) is 46.7. The average molecular weight is 1010 g/mol. The molecule has 1 aliphatic rings. The van der Waals surface area contributed by atoms with Crippen molar-refractivity contribution < 1.29 is 50.0 Å². The van der Waals surface area contributed by atoms with Crippen LogP contribution >= 0.6 is 0 Å². The summed E-state index contributed by atoms with van der Waals surface area (Å²) in [4.78, 5) is 13.2. The molecular weight excluding hydrogens is 895 g/mol. The van der Waals surface area contributed by atoms with Gasteiger partial charge in [0, 0.05) is 0 Å². The fraction of sp³-hybridized carbons (Fsp3) is 0.883. The summed E-state index contributed by atoms with van der Waals surface area (Å²) in [6, 6.07) is -1.19. The quantitative estimate of drug-likeness (QED) is 0.0215. The molecule has 9 unspecified atom stereocenters. The minimum Gasteiger partial charge on any atom is -0.394 e. The fourth-order valence-electron chi connectivity index (χ4n) is 9.54. The van der Waals surface area contributed by atoms with Crippen LogP contribution in [0.3, 0.4) is 0 Å². The molecule has 1 rings (SSSR count). The summed E-state index contributed by atoms with van der Waals surface area (Å²) >= 11 is 0. The molecule has 0 aliphatic carbocycles. The van der Waals surface area contributed by atoms with Crippen LogP contribution < -0.4 is 5.32 Å². The Morgan fingerprint density at radius 3 is 1.25 bits per heavy atom. The predicted octanol–water partition coefficient (Wildman–Crippen LogP) is 12.7. The van der Waals surface area contributed by atoms with E-state index in [0.29, 0.717) is 19.3 Å². The van der Waals surface area contributed by atoms with Crippen LogP contribution in [-0.2, 0) is 14.3 Å². The number of unbranched alkanes of at least 4 members (excludes halogenated alkanes) is 33. The first kappa shape index (κ1) is 67.3. The van der Waals surface area contributed by atoms with Gasteiger partial charge in [-0.25, -0.2) is 0 Å². The molecule has 1 heterocycles. The first-order valence-electron chi connectivity index (χ1n) is 29.9. The average Bonchev–Trinajstić information content (AvgIpc) is 3.37. The van der Waals surface area contributed by atoms with Crippen molar-refractivity contribution in [1.82, 2.24) is 5.32 Å². The third kappa shape index (κ3) is 37.7. The normalized spacial score (nSPS) is 20.4. The molecule has 11 nitrogen and oxygen atoms in total. The van der Waals surface area contributed by atoms with E-state index in [9.17, 15) is 40.5 Å². The molecule has 418 valence electrons. The van der Waals surface area contributed by atoms with Crippen LogP contribution in [-0.4, -0.2) is 110 Å². The number of carbonyl (C=O) groups excluding carboxylic acids is 1. The van der Waals surface area contributed by atoms with Crippen molar-refractivity contribution >= 4 is 5.91 Å². The third-order valence-corrected chi connectivity index (χ3v) is 14.4. The molecule has 0 aromatic carbocycles. The van der Waals surface area contributed by atoms with Crippen molar-refractivity contribution in [2.24, 2.45) is 0 Å². The molecule has 1 fully saturated rings. The molecule has 0 spiro atoms. The lowest BCUT2D eigenvalue weighted by Gasteiger charge is -2.40. The Hall–Kier alpha value is -1.67. The van der Waals surface area contributed by atoms with Gasteiger partial charge in [0.05, 0.1) is 25.4 Å². The van der Waals surface area contributed by atoms with Gasteiger partial charge in [0.1, 0.15) is 36.6 Å². The molecule has 0 saturated carbocycles. The minimum atomic E-state index is -1.67. The summed E-state index contributed by atoms with van der Waals surface area (Å²) in [6.45, 7) is 3.38. The number of rotatable bonds is 51. The van der Waals surface area contributed by atoms with E-state index in [-0.39, 0.29) is 12.8 Å². The summed E-state index contributed by atoms with van der Waals surface area (Å²) in [5, 5.41) is 76.0. The largest absolute Gasteiger partial charge is 0.394 e. The zero-order valence-corrected chi connectivity index (χ0v) is 45.7. The number of allylic oxidation sites excluding steroid dienone is 6. The molecule has 1 aliphatic heterocycles. The monoisotopic (exact) mass is 1010 g/mol. The zero-order valence-electron chi connectivity index (χ0n) is 45.7. The summed E-state index contributed by atoms with van der Waals surface area (Å²) in [5.41, 5.74) is 0. The second-order valence-corrected chi connectivity index (χ2v) is 21.0. The van der Waals surface area contributed by atoms with Crippen LogP contribution in [0.2, 0.25) is 0 Å². The number of amides is 1. The molecule has 71 heavy (non-hydrogen) atoms. The van der Waals surface area contributed by atoms with Crippen molar-refractivity contribution in [2.75, 3.05) is 13.2 Å². The third-order valence-electron chi connectivity index (χ3n) is 14.4. The topological polar surface area (TPSA) is 189 Å². The van der Waals surface area contributed by atoms with Gasteiger partial charge in [-0.2, -0.15) is 0 Å². The summed E-state index contributed by atoms with van der Waals surface area (Å²) in [7, 11) is 0. The molecule has 8 N–H and O–H groups in total. The lowest BCUT2D eigenvalue weighted by atomic mass is 9.98. The van der Waals surface area contributed by atoms with Crippen molar-refractivity contribution in [2.45, 2.75) is 326 Å². The van der Waals surface area contributed by atoms with Gasteiger partial charge in [-0.3, -0.25) is 4.79 Å². The maximum Gasteiger partial charge on any atom is 0.249 e. The molecule has 1 saturated heterocycles. The van der Waals surface area contributed by atoms with Crippen molar-refractivity contribution in [3.8, 4) is 0 Å². The van der Waals surface area contributed by atoms with Gasteiger partial charge in [-0.15, -0.1) is 0 Å². The number of ether oxygens (including phenoxy) is 2. The second-order valence-electron chi connectivity index (χ2n) is 21.0. The number of hydrogen-bond acceptors (Lipinski definition) is 10. The SMILES string of the molecule is CCC/C=C/CC/C=C/CC/C=C/CCCC(O)C(O)C(COC1OC(CO)C(O)C(O)C1O)NC(=O)C(O)CCCCCCCCCCCCCCCCCCCCCCCCCCCCCCCC. The standard InChI is InChI=1S/C60H113NO10/c1-3-5-7-9-11-13-15-17-19-20-21-22-23-24-25-26-27-28-29-30-31-32-33-34-36-38-40-42-44-46-48-53(64)59(69)61-51(50-70-60-58(68)57(67)56(66)54(49-62)71-60)55(65)52(63)47-45-43-41-39-37-35-18-16-14-12-10-8-6-4-2/h8,10,16,18,39,41,51-58,60,62-68H,3-7,9,11-15,17,19-38,40,42-50H2,1-2H3,(H,61,69)/b10-8+,18-16+,41-39+. The Morgan fingerprint density at radius 2 is 0.859 bits per heavy atom. The molecule has 0 radical (unpaired) electrons. The maximum atomic E-state index is 13.2. The van der Waals surface area contributed by atoms with Crippen molar-refractivity contribution in [3.05, 3.63) is 36.5 Å². The molecule has 0 aromatic heterocycles. The van der Waals surface area contributed by atoms with Gasteiger partial charge in [0.2, 0.25) is 5.91 Å². The number of aliphatic hydroxyl groups is 7. The Labute approximate surface area is 435 Å². The highest BCUT2D eigenvalue weighted by atomic mass is 16.7. The number of aliphatic hydroxyl groups excluding tert-OH is 7. The lowest BCUT2D eigenvalue weighted by molar-refractivity contribution is -0.303. The zero-order chi connectivity index (χ0) is 51.8. The summed E-state index contributed by atoms with van der Waals surface area (Å²) in [5.74, 6) is -0.709. The van der Waals surface area contributed by atoms with Crippen LogP contribution in [0.5, 0.6) is 0 Å². The van der Waals surface area contributed by atoms with Crippen LogP contribution in [0.4, 0.5) is 0 Å². The smallest absolute Gasteiger partial charge is 0.249 e. The molecule has 0 aromatic rings. The van der Waals surface area contributed by atoms with E-state index in [2.05, 4.69) is 55.6 Å². The molecule has 1 amide bonds. The van der Waals surface area contributed by atoms with E-state index in [4.69, 9.17) is 9.47 Å². The predicted molar refractivity (Wildman–Crippen MR) is 293 cm³/mol. The van der Waals surface area contributed by atoms with Crippen LogP contribution in [0.15, 0.2) is 36.5 Å². The van der Waals surface area contributed by atoms with Gasteiger partial charge in [-0.1, -0.05) is 249 Å². The minimum absolute atomic E-state index is 0.242. The second kappa shape index (κ2) is 49.2. The summed E-state index contributed by atoms with van der Waals surface area (Å²) < 4.78 is 11.1. The van der Waals surface area contributed by atoms with E-state index in [1.54, 1.807) is 0 Å². The van der Waals surface area contributed by atoms with Gasteiger partial charge in [0.15, 0.2) is 6.29 Å². The van der Waals surface area contributed by atoms with Gasteiger partial charge < -0.3 is 50.5 Å². The van der Waals surface area contributed by atoms with Crippen LogP contribution in [0.1, 0.15) is 271 Å². The van der Waals surface area contributed by atoms with Crippen LogP contribution in [0.25, 0.3) is 0 Å². The van der Waals surface area contributed by atoms with Crippen molar-refractivity contribution in [1.29, 1.82) is 0 Å². The summed E-state index contributed by atoms with van der Waals surface area (Å²) in [6.07, 6.45) is 49.4. The van der Waals surface area contributed by atoms with Gasteiger partial charge in [-0.05, 0) is 57.8 Å². The Morgan fingerprint density at radius 1 is 0.479 bits per heavy atom. The number of nitrogens with one attached hydrogen (secondary N) is 1. The van der Waals surface area contributed by atoms with E-state index < -0.39 is 74.2 Å². The Balaban J connectivity index is 2.22. The van der Waals surface area contributed by atoms with E-state index in [1.165, 1.54) is 173 Å². The molecular formula is C60H113NO10. The first-order valence-corrected chi connectivity index (χ1v) is 29.9. The van der Waals surface area contributed by atoms with Crippen molar-refractivity contribution in [3.63, 3.8) is 0 Å². The molecule has 0 bridgehead atoms. The fourth-order valence-corrected chi connectivity index (χ4v) is 9.54. The van der Waals surface area contributed by atoms with Gasteiger partial charge >= 0.3 is 0 Å². The highest BCUT2D eigenvalue weighted by Crippen LogP contribution is 2.23. The van der Waals surface area contributed by atoms with Crippen LogP contribution in [0, 0.1) is 0 Å². The van der Waals surface area contributed by atoms with E-state index in [1.807, 2.05) is 0 Å². The van der Waals surface area contributed by atoms with Gasteiger partial charge in [0.25, 0.3) is 0 Å². The molecule has 9 atom stereocenters. The highest BCUT2D eigenvalue weighted by Gasteiger charge is 2.44. The lowest BCUT2D eigenvalue weighted by Crippen LogP contribution is -2.60. The van der Waals surface area contributed by atoms with E-state index in [0.717, 1.165) is 51.4 Å². The highest BCUT2D eigenvalue weighted by molar-refractivity contribution is 5.80. The van der Waals surface area contributed by atoms with E-state index >= 15 is 0 Å². The molecule has 11 heteroatoms. The maximum absolute atomic E-state index is 13.2. The first-order chi connectivity index (χ1) is 34.7. The number of hydrogen-bond donors (Lipinski definition) is 8. The number of carbonyl (C=O) groups is 1. The Bertz CT molecular complexity index is 1250.